The molecule has 0 saturated heterocycles. The van der Waals surface area contributed by atoms with E-state index in [1.54, 1.807) is 0 Å². The van der Waals surface area contributed by atoms with Crippen molar-refractivity contribution in [2.45, 2.75) is 0 Å². The highest BCUT2D eigenvalue weighted by Gasteiger charge is 2.20. The third kappa shape index (κ3) is 1.46. The lowest BCUT2D eigenvalue weighted by atomic mass is 10.3. The first-order valence-corrected chi connectivity index (χ1v) is 3.59. The fourth-order valence-electron chi connectivity index (χ4n) is 0.710. The van der Waals surface area contributed by atoms with Crippen LogP contribution < -0.4 is 0 Å². The second kappa shape index (κ2) is 3.20. The van der Waals surface area contributed by atoms with Gasteiger partial charge in [0.15, 0.2) is 11.4 Å². The van der Waals surface area contributed by atoms with E-state index in [2.05, 4.69) is 10.3 Å². The Morgan fingerprint density at radius 1 is 1.33 bits per heavy atom. The summed E-state index contributed by atoms with van der Waals surface area (Å²) in [5.41, 5.74) is -0.323. The minimum absolute atomic E-state index is 0.100. The highest BCUT2D eigenvalue weighted by Crippen LogP contribution is 2.09. The molecule has 12 heavy (non-hydrogen) atoms. The van der Waals surface area contributed by atoms with Gasteiger partial charge in [0.2, 0.25) is 0 Å². The van der Waals surface area contributed by atoms with Crippen LogP contribution in [-0.4, -0.2) is 25.5 Å². The highest BCUT2D eigenvalue weighted by atomic mass is 35.5. The molecule has 0 aliphatic heterocycles. The number of rotatable bonds is 2. The molecule has 0 aliphatic rings. The molecule has 0 unspecified atom stereocenters. The summed E-state index contributed by atoms with van der Waals surface area (Å²) in [6, 6.07) is 0. The Kier molecular flexibility index (Phi) is 2.44. The van der Waals surface area contributed by atoms with Crippen molar-refractivity contribution in [3.63, 3.8) is 0 Å². The zero-order valence-electron chi connectivity index (χ0n) is 5.91. The second-order valence-electron chi connectivity index (χ2n) is 1.96. The van der Waals surface area contributed by atoms with E-state index >= 15 is 0 Å². The van der Waals surface area contributed by atoms with Gasteiger partial charge in [0, 0.05) is 7.05 Å². The van der Waals surface area contributed by atoms with Gasteiger partial charge in [-0.3, -0.25) is 9.59 Å². The second-order valence-corrected chi connectivity index (χ2v) is 2.64. The molecule has 0 N–H and O–H groups in total. The summed E-state index contributed by atoms with van der Waals surface area (Å²) in [5, 5.41) is 5.11. The van der Waals surface area contributed by atoms with Crippen LogP contribution in [0.4, 0.5) is 0 Å². The molecule has 0 bridgehead atoms. The van der Waals surface area contributed by atoms with Crippen LogP contribution in [0.2, 0.25) is 0 Å². The van der Waals surface area contributed by atoms with Crippen LogP contribution in [0.25, 0.3) is 0 Å². The molecule has 0 radical (unpaired) electrons. The fraction of sp³-hybridized carbons (Fsp3) is 0.200. The van der Waals surface area contributed by atoms with Gasteiger partial charge >= 0.3 is 0 Å². The van der Waals surface area contributed by atoms with E-state index in [4.69, 9.17) is 23.2 Å². The number of aromatic nitrogens is 3. The predicted molar refractivity (Wildman–Crippen MR) is 41.4 cm³/mol. The molecule has 1 heterocycles. The average Bonchev–Trinajstić information content (AvgIpc) is 2.30. The van der Waals surface area contributed by atoms with Gasteiger partial charge in [-0.05, 0) is 23.2 Å². The van der Waals surface area contributed by atoms with Gasteiger partial charge in [-0.1, -0.05) is 5.21 Å². The Morgan fingerprint density at radius 2 is 1.92 bits per heavy atom. The van der Waals surface area contributed by atoms with Crippen LogP contribution in [0.15, 0.2) is 0 Å². The maximum atomic E-state index is 10.7. The first-order valence-electron chi connectivity index (χ1n) is 2.83. The van der Waals surface area contributed by atoms with Gasteiger partial charge in [-0.15, -0.1) is 5.10 Å². The lowest BCUT2D eigenvalue weighted by Gasteiger charge is -1.92. The third-order valence-electron chi connectivity index (χ3n) is 1.20. The minimum atomic E-state index is -0.855. The summed E-state index contributed by atoms with van der Waals surface area (Å²) >= 11 is 10.2. The topological polar surface area (TPSA) is 64.8 Å². The smallest absolute Gasteiger partial charge is 0.274 e. The lowest BCUT2D eigenvalue weighted by Crippen LogP contribution is -2.05. The largest absolute Gasteiger partial charge is 0.275 e. The van der Waals surface area contributed by atoms with Crippen LogP contribution in [0, 0.1) is 0 Å². The molecule has 1 rings (SSSR count). The van der Waals surface area contributed by atoms with Crippen LogP contribution in [0.5, 0.6) is 0 Å². The van der Waals surface area contributed by atoms with Crippen LogP contribution in [0.3, 0.4) is 0 Å². The average molecular weight is 208 g/mol. The summed E-state index contributed by atoms with van der Waals surface area (Å²) in [6.07, 6.45) is 0. The van der Waals surface area contributed by atoms with Crippen molar-refractivity contribution in [3.05, 3.63) is 11.4 Å². The van der Waals surface area contributed by atoms with Crippen LogP contribution in [0.1, 0.15) is 21.0 Å². The molecule has 0 aromatic carbocycles. The minimum Gasteiger partial charge on any atom is -0.274 e. The SMILES string of the molecule is Cn1nnc(C(=O)Cl)c1C(=O)Cl. The summed E-state index contributed by atoms with van der Waals surface area (Å²) in [7, 11) is 1.44. The van der Waals surface area contributed by atoms with E-state index in [1.165, 1.54) is 7.05 Å². The molecule has 0 aliphatic carbocycles. The fourth-order valence-corrected chi connectivity index (χ4v) is 1.05. The Morgan fingerprint density at radius 3 is 2.25 bits per heavy atom. The maximum absolute atomic E-state index is 10.7. The van der Waals surface area contributed by atoms with Gasteiger partial charge in [-0.25, -0.2) is 4.68 Å². The highest BCUT2D eigenvalue weighted by molar-refractivity contribution is 6.71. The summed E-state index contributed by atoms with van der Waals surface area (Å²) in [5.74, 6) is 0. The number of carbonyl (C=O) groups is 2. The van der Waals surface area contributed by atoms with Crippen molar-refractivity contribution in [1.29, 1.82) is 0 Å². The summed E-state index contributed by atoms with van der Waals surface area (Å²) < 4.78 is 1.09. The molecule has 7 heteroatoms. The van der Waals surface area contributed by atoms with E-state index in [-0.39, 0.29) is 11.4 Å². The quantitative estimate of drug-likeness (QED) is 0.666. The molecule has 1 aromatic heterocycles. The molecule has 0 spiro atoms. The molecule has 1 aromatic rings. The number of aryl methyl sites for hydroxylation is 1. The van der Waals surface area contributed by atoms with E-state index in [1.807, 2.05) is 0 Å². The van der Waals surface area contributed by atoms with Crippen molar-refractivity contribution in [2.24, 2.45) is 7.05 Å². The lowest BCUT2D eigenvalue weighted by molar-refractivity contribution is 0.104. The predicted octanol–water partition coefficient (Wildman–Crippen LogP) is 0.573. The van der Waals surface area contributed by atoms with Gasteiger partial charge in [0.25, 0.3) is 10.5 Å². The molecule has 5 nitrogen and oxygen atoms in total. The molecule has 64 valence electrons. The number of hydrogen-bond donors (Lipinski definition) is 0. The Labute approximate surface area is 77.3 Å². The standard InChI is InChI=1S/C5H3Cl2N3O2/c1-10-3(5(7)12)2(4(6)11)8-9-10/h1H3. The first-order chi connectivity index (χ1) is 5.54. The van der Waals surface area contributed by atoms with Crippen molar-refractivity contribution in [3.8, 4) is 0 Å². The molecule has 0 saturated carbocycles. The number of hydrogen-bond acceptors (Lipinski definition) is 4. The summed E-state index contributed by atoms with van der Waals surface area (Å²) in [6.45, 7) is 0. The normalized spacial score (nSPS) is 9.92. The molecule has 0 amide bonds. The Bertz CT molecular complexity index is 346. The van der Waals surface area contributed by atoms with Gasteiger partial charge in [-0.2, -0.15) is 0 Å². The summed E-state index contributed by atoms with van der Waals surface area (Å²) in [4.78, 5) is 21.3. The maximum Gasteiger partial charge on any atom is 0.275 e. The van der Waals surface area contributed by atoms with E-state index in [0.717, 1.165) is 4.68 Å². The Hall–Kier alpha value is -0.940. The monoisotopic (exact) mass is 207 g/mol. The zero-order chi connectivity index (χ0) is 9.30. The first kappa shape index (κ1) is 9.15. The van der Waals surface area contributed by atoms with Crippen molar-refractivity contribution in [1.82, 2.24) is 15.0 Å². The molecule has 0 atom stereocenters. The number of nitrogens with zero attached hydrogens (tertiary/aromatic N) is 3. The molecular weight excluding hydrogens is 205 g/mol. The van der Waals surface area contributed by atoms with Crippen LogP contribution >= 0.6 is 23.2 Å². The number of carbonyl (C=O) groups excluding carboxylic acids is 2. The van der Waals surface area contributed by atoms with Crippen molar-refractivity contribution in [2.75, 3.05) is 0 Å². The van der Waals surface area contributed by atoms with Gasteiger partial charge in [0.1, 0.15) is 0 Å². The van der Waals surface area contributed by atoms with Crippen LogP contribution in [-0.2, 0) is 7.05 Å². The molecule has 0 fully saturated rings. The number of halogens is 2. The van der Waals surface area contributed by atoms with Gasteiger partial charge < -0.3 is 0 Å². The van der Waals surface area contributed by atoms with Gasteiger partial charge in [0.05, 0.1) is 0 Å². The third-order valence-corrected chi connectivity index (χ3v) is 1.56. The van der Waals surface area contributed by atoms with Crippen molar-refractivity contribution < 1.29 is 9.59 Å². The van der Waals surface area contributed by atoms with Crippen molar-refractivity contribution >= 4 is 33.7 Å². The van der Waals surface area contributed by atoms with E-state index in [0.29, 0.717) is 0 Å². The van der Waals surface area contributed by atoms with E-state index < -0.39 is 10.5 Å². The Balaban J connectivity index is 3.31. The van der Waals surface area contributed by atoms with E-state index in [9.17, 15) is 9.59 Å². The molecular formula is C5H3Cl2N3O2. The zero-order valence-corrected chi connectivity index (χ0v) is 7.43.